The van der Waals surface area contributed by atoms with E-state index in [1.165, 1.54) is 12.0 Å². The summed E-state index contributed by atoms with van der Waals surface area (Å²) in [6.45, 7) is 2.82. The maximum Gasteiger partial charge on any atom is 0.261 e. The second-order valence-corrected chi connectivity index (χ2v) is 8.28. The average Bonchev–Trinajstić information content (AvgIpc) is 2.79. The number of hydrogen-bond acceptors (Lipinski definition) is 4. The van der Waals surface area contributed by atoms with Crippen LogP contribution in [-0.4, -0.2) is 39.3 Å². The molecule has 1 aliphatic carbocycles. The summed E-state index contributed by atoms with van der Waals surface area (Å²) in [5.74, 6) is -0.357. The van der Waals surface area contributed by atoms with Gasteiger partial charge in [-0.15, -0.1) is 0 Å². The van der Waals surface area contributed by atoms with E-state index in [0.717, 1.165) is 36.1 Å². The van der Waals surface area contributed by atoms with Crippen molar-refractivity contribution in [2.75, 3.05) is 6.54 Å². The lowest BCUT2D eigenvalue weighted by atomic mass is 9.93. The number of carbonyl (C=O) groups is 2. The van der Waals surface area contributed by atoms with E-state index in [1.54, 1.807) is 17.3 Å². The summed E-state index contributed by atoms with van der Waals surface area (Å²) in [5.41, 5.74) is 3.31. The molecule has 2 N–H and O–H groups in total. The van der Waals surface area contributed by atoms with E-state index in [4.69, 9.17) is 0 Å². The second kappa shape index (κ2) is 9.29. The number of allylic oxidation sites excluding steroid dienone is 1. The van der Waals surface area contributed by atoms with Gasteiger partial charge in [0, 0.05) is 37.2 Å². The zero-order chi connectivity index (χ0) is 21.8. The molecular formula is C24H28N4O3. The fourth-order valence-electron chi connectivity index (χ4n) is 4.41. The number of nitrogens with one attached hydrogen (secondary N) is 2. The van der Waals surface area contributed by atoms with Gasteiger partial charge in [-0.2, -0.15) is 0 Å². The fraction of sp³-hybridized carbons (Fsp3) is 0.417. The Hall–Kier alpha value is -3.22. The molecule has 3 heterocycles. The molecule has 7 nitrogen and oxygen atoms in total. The number of aromatic nitrogens is 2. The lowest BCUT2D eigenvalue weighted by Gasteiger charge is -2.30. The van der Waals surface area contributed by atoms with Crippen molar-refractivity contribution in [3.63, 3.8) is 0 Å². The van der Waals surface area contributed by atoms with Gasteiger partial charge in [-0.05, 0) is 62.3 Å². The van der Waals surface area contributed by atoms with Gasteiger partial charge in [0.25, 0.3) is 11.5 Å². The molecule has 0 bridgehead atoms. The lowest BCUT2D eigenvalue weighted by Crippen LogP contribution is -2.42. The van der Waals surface area contributed by atoms with Crippen LogP contribution in [0.5, 0.6) is 0 Å². The minimum atomic E-state index is -0.380. The molecule has 31 heavy (non-hydrogen) atoms. The largest absolute Gasteiger partial charge is 0.346 e. The number of aromatic amines is 1. The monoisotopic (exact) mass is 420 g/mol. The van der Waals surface area contributed by atoms with E-state index in [9.17, 15) is 14.4 Å². The van der Waals surface area contributed by atoms with E-state index in [0.29, 0.717) is 19.5 Å². The molecule has 0 saturated heterocycles. The molecule has 2 amide bonds. The first-order chi connectivity index (χ1) is 15.0. The minimum Gasteiger partial charge on any atom is -0.346 e. The average molecular weight is 421 g/mol. The van der Waals surface area contributed by atoms with Gasteiger partial charge in [0.15, 0.2) is 0 Å². The van der Waals surface area contributed by atoms with Crippen LogP contribution in [0.4, 0.5) is 0 Å². The van der Waals surface area contributed by atoms with Crippen LogP contribution < -0.4 is 10.9 Å². The Morgan fingerprint density at radius 1 is 1.26 bits per heavy atom. The van der Waals surface area contributed by atoms with Crippen molar-refractivity contribution in [1.29, 1.82) is 0 Å². The molecule has 1 unspecified atom stereocenters. The highest BCUT2D eigenvalue weighted by Crippen LogP contribution is 2.23. The first-order valence-electron chi connectivity index (χ1n) is 10.9. The Kier molecular flexibility index (Phi) is 6.30. The summed E-state index contributed by atoms with van der Waals surface area (Å²) in [7, 11) is 0. The maximum absolute atomic E-state index is 13.0. The SMILES string of the molecule is CC(NC(=O)c1c2c(c[nH]c1=O)CN(C(=O)Cc1ccccn1)CC2)C1=CCCCC1. The standard InChI is InChI=1S/C24H28N4O3/c1-16(17-7-3-2-4-8-17)27-24(31)22-20-10-12-28(15-18(20)14-26-23(22)30)21(29)13-19-9-5-6-11-25-19/h5-7,9,11,14,16H,2-4,8,10,12-13,15H2,1H3,(H,26,30)(H,27,31). The Bertz CT molecular complexity index is 1060. The van der Waals surface area contributed by atoms with E-state index in [2.05, 4.69) is 21.4 Å². The third kappa shape index (κ3) is 4.76. The van der Waals surface area contributed by atoms with Crippen molar-refractivity contribution >= 4 is 11.8 Å². The van der Waals surface area contributed by atoms with E-state index >= 15 is 0 Å². The van der Waals surface area contributed by atoms with Crippen LogP contribution in [0.15, 0.2) is 47.0 Å². The number of carbonyl (C=O) groups excluding carboxylic acids is 2. The molecule has 1 aliphatic heterocycles. The summed E-state index contributed by atoms with van der Waals surface area (Å²) in [6, 6.07) is 5.42. The van der Waals surface area contributed by atoms with Crippen LogP contribution in [0.25, 0.3) is 0 Å². The Morgan fingerprint density at radius 2 is 2.13 bits per heavy atom. The second-order valence-electron chi connectivity index (χ2n) is 8.28. The van der Waals surface area contributed by atoms with Crippen molar-refractivity contribution in [2.45, 2.75) is 58.0 Å². The number of rotatable bonds is 5. The van der Waals surface area contributed by atoms with E-state index < -0.39 is 0 Å². The normalized spacial score (nSPS) is 16.8. The number of pyridine rings is 2. The molecule has 1 atom stereocenters. The van der Waals surface area contributed by atoms with Gasteiger partial charge in [0.2, 0.25) is 5.91 Å². The molecule has 2 aromatic rings. The molecule has 0 spiro atoms. The third-order valence-corrected chi connectivity index (χ3v) is 6.16. The highest BCUT2D eigenvalue weighted by Gasteiger charge is 2.27. The first-order valence-corrected chi connectivity index (χ1v) is 10.9. The zero-order valence-corrected chi connectivity index (χ0v) is 17.8. The molecule has 7 heteroatoms. The fourth-order valence-corrected chi connectivity index (χ4v) is 4.41. The van der Waals surface area contributed by atoms with Crippen LogP contribution in [0, 0.1) is 0 Å². The Labute approximate surface area is 181 Å². The highest BCUT2D eigenvalue weighted by molar-refractivity contribution is 5.96. The molecule has 0 aromatic carbocycles. The van der Waals surface area contributed by atoms with E-state index in [1.807, 2.05) is 25.1 Å². The Morgan fingerprint density at radius 3 is 2.87 bits per heavy atom. The zero-order valence-electron chi connectivity index (χ0n) is 17.8. The summed E-state index contributed by atoms with van der Waals surface area (Å²) >= 11 is 0. The summed E-state index contributed by atoms with van der Waals surface area (Å²) in [4.78, 5) is 46.9. The van der Waals surface area contributed by atoms with Crippen molar-refractivity contribution in [3.8, 4) is 0 Å². The van der Waals surface area contributed by atoms with Crippen LogP contribution in [0.1, 0.15) is 59.8 Å². The van der Waals surface area contributed by atoms with Crippen molar-refractivity contribution in [2.24, 2.45) is 0 Å². The predicted octanol–water partition coefficient (Wildman–Crippen LogP) is 2.52. The summed E-state index contributed by atoms with van der Waals surface area (Å²) in [6.07, 6.45) is 10.6. The summed E-state index contributed by atoms with van der Waals surface area (Å²) < 4.78 is 0. The molecule has 4 rings (SSSR count). The van der Waals surface area contributed by atoms with Crippen molar-refractivity contribution in [1.82, 2.24) is 20.2 Å². The number of hydrogen-bond donors (Lipinski definition) is 2. The number of fused-ring (bicyclic) bond motifs is 1. The highest BCUT2D eigenvalue weighted by atomic mass is 16.2. The smallest absolute Gasteiger partial charge is 0.261 e. The van der Waals surface area contributed by atoms with Crippen LogP contribution in [-0.2, 0) is 24.2 Å². The third-order valence-electron chi connectivity index (χ3n) is 6.16. The molecule has 2 aliphatic rings. The van der Waals surface area contributed by atoms with Crippen LogP contribution >= 0.6 is 0 Å². The minimum absolute atomic E-state index is 0.0144. The summed E-state index contributed by atoms with van der Waals surface area (Å²) in [5, 5.41) is 3.01. The number of H-pyrrole nitrogens is 1. The van der Waals surface area contributed by atoms with Gasteiger partial charge in [0.05, 0.1) is 6.42 Å². The maximum atomic E-state index is 13.0. The molecule has 2 aromatic heterocycles. The predicted molar refractivity (Wildman–Crippen MR) is 118 cm³/mol. The van der Waals surface area contributed by atoms with Gasteiger partial charge in [-0.3, -0.25) is 19.4 Å². The van der Waals surface area contributed by atoms with Crippen molar-refractivity contribution in [3.05, 3.63) is 75.0 Å². The molecule has 0 fully saturated rings. The quantitative estimate of drug-likeness (QED) is 0.727. The first kappa shape index (κ1) is 21.0. The Balaban J connectivity index is 1.49. The van der Waals surface area contributed by atoms with Gasteiger partial charge < -0.3 is 15.2 Å². The van der Waals surface area contributed by atoms with E-state index in [-0.39, 0.29) is 35.4 Å². The number of amides is 2. The molecule has 0 radical (unpaired) electrons. The lowest BCUT2D eigenvalue weighted by molar-refractivity contribution is -0.131. The molecular weight excluding hydrogens is 392 g/mol. The van der Waals surface area contributed by atoms with Crippen LogP contribution in [0.3, 0.4) is 0 Å². The van der Waals surface area contributed by atoms with Gasteiger partial charge in [-0.1, -0.05) is 17.7 Å². The van der Waals surface area contributed by atoms with Gasteiger partial charge >= 0.3 is 0 Å². The topological polar surface area (TPSA) is 95.2 Å². The van der Waals surface area contributed by atoms with Gasteiger partial charge in [-0.25, -0.2) is 0 Å². The van der Waals surface area contributed by atoms with Crippen LogP contribution in [0.2, 0.25) is 0 Å². The van der Waals surface area contributed by atoms with Gasteiger partial charge in [0.1, 0.15) is 5.56 Å². The number of nitrogens with zero attached hydrogens (tertiary/aromatic N) is 2. The molecule has 162 valence electrons. The van der Waals surface area contributed by atoms with Crippen molar-refractivity contribution < 1.29 is 9.59 Å². The molecule has 0 saturated carbocycles.